The normalized spacial score (nSPS) is 19.5. The molecule has 0 bridgehead atoms. The summed E-state index contributed by atoms with van der Waals surface area (Å²) in [6.07, 6.45) is 4.00. The number of thioether (sulfide) groups is 1. The van der Waals surface area contributed by atoms with Crippen molar-refractivity contribution in [1.29, 1.82) is 0 Å². The van der Waals surface area contributed by atoms with E-state index < -0.39 is 11.0 Å². The number of allylic oxidation sites excluding steroid dienone is 1. The van der Waals surface area contributed by atoms with Crippen molar-refractivity contribution in [1.82, 2.24) is 0 Å². The van der Waals surface area contributed by atoms with Crippen LogP contribution in [0.5, 0.6) is 0 Å². The smallest absolute Gasteiger partial charge is 0.365 e. The average molecular weight is 519 g/mol. The second-order valence-electron chi connectivity index (χ2n) is 7.28. The molecule has 8 heteroatoms. The zero-order valence-electron chi connectivity index (χ0n) is 17.6. The molecule has 0 radical (unpaired) electrons. The van der Waals surface area contributed by atoms with Gasteiger partial charge in [0.1, 0.15) is 0 Å². The number of hydrazone groups is 2. The SMILES string of the molecule is COC(=O)C1=NN(c2ccc(Br)cc2)[C@]2(C=CC(c3ccccc3)=NN2c2ccccc2)S1. The minimum atomic E-state index is -0.934. The minimum absolute atomic E-state index is 0.254. The number of hydrogen-bond acceptors (Lipinski definition) is 7. The van der Waals surface area contributed by atoms with Crippen LogP contribution in [0.2, 0.25) is 0 Å². The van der Waals surface area contributed by atoms with Gasteiger partial charge in [0.15, 0.2) is 0 Å². The quantitative estimate of drug-likeness (QED) is 0.419. The Labute approximate surface area is 204 Å². The number of carbonyl (C=O) groups is 1. The van der Waals surface area contributed by atoms with Crippen molar-refractivity contribution in [2.24, 2.45) is 10.2 Å². The summed E-state index contributed by atoms with van der Waals surface area (Å²) in [5, 5.41) is 13.7. The Hall–Kier alpha value is -3.36. The van der Waals surface area contributed by atoms with Crippen LogP contribution in [0.1, 0.15) is 5.56 Å². The first-order chi connectivity index (χ1) is 16.1. The molecule has 5 rings (SSSR count). The molecule has 0 aromatic heterocycles. The average Bonchev–Trinajstić information content (AvgIpc) is 3.25. The number of ether oxygens (including phenoxy) is 1. The van der Waals surface area contributed by atoms with Crippen molar-refractivity contribution < 1.29 is 9.53 Å². The topological polar surface area (TPSA) is 57.5 Å². The number of rotatable bonds is 4. The molecule has 0 saturated heterocycles. The second-order valence-corrected chi connectivity index (χ2v) is 9.38. The van der Waals surface area contributed by atoms with Crippen LogP contribution in [-0.4, -0.2) is 28.8 Å². The molecule has 2 heterocycles. The van der Waals surface area contributed by atoms with Crippen molar-refractivity contribution in [3.8, 4) is 0 Å². The molecule has 2 aliphatic heterocycles. The van der Waals surface area contributed by atoms with Crippen LogP contribution in [0.3, 0.4) is 0 Å². The second kappa shape index (κ2) is 8.88. The largest absolute Gasteiger partial charge is 0.464 e. The number of hydrogen-bond donors (Lipinski definition) is 0. The number of para-hydroxylation sites is 1. The van der Waals surface area contributed by atoms with Gasteiger partial charge in [-0.15, -0.1) is 0 Å². The van der Waals surface area contributed by atoms with Gasteiger partial charge in [0, 0.05) is 10.0 Å². The molecule has 33 heavy (non-hydrogen) atoms. The molecule has 0 unspecified atom stereocenters. The number of methoxy groups -OCH3 is 1. The maximum absolute atomic E-state index is 12.5. The highest BCUT2D eigenvalue weighted by Crippen LogP contribution is 2.48. The van der Waals surface area contributed by atoms with Crippen molar-refractivity contribution >= 4 is 55.8 Å². The zero-order chi connectivity index (χ0) is 22.8. The predicted molar refractivity (Wildman–Crippen MR) is 137 cm³/mol. The maximum atomic E-state index is 12.5. The molecular formula is C25H19BrN4O2S. The van der Waals surface area contributed by atoms with Gasteiger partial charge in [-0.05, 0) is 60.3 Å². The summed E-state index contributed by atoms with van der Waals surface area (Å²) in [4.78, 5) is 11.6. The van der Waals surface area contributed by atoms with Crippen molar-refractivity contribution in [2.45, 2.75) is 4.99 Å². The highest BCUT2D eigenvalue weighted by molar-refractivity contribution is 9.10. The van der Waals surface area contributed by atoms with E-state index in [1.807, 2.05) is 107 Å². The third-order valence-corrected chi connectivity index (χ3v) is 6.96. The number of carbonyl (C=O) groups excluding carboxylic acids is 1. The summed E-state index contributed by atoms with van der Waals surface area (Å²) in [5.41, 5.74) is 3.49. The Kier molecular flexibility index (Phi) is 5.78. The lowest BCUT2D eigenvalue weighted by molar-refractivity contribution is -0.132. The van der Waals surface area contributed by atoms with E-state index in [0.29, 0.717) is 0 Å². The summed E-state index contributed by atoms with van der Waals surface area (Å²) in [6.45, 7) is 0. The molecular weight excluding hydrogens is 500 g/mol. The molecule has 0 saturated carbocycles. The standard InChI is InChI=1S/C25H19BrN4O2S/c1-32-24(31)23-28-30(21-14-12-19(26)13-15-21)25(33-23)17-16-22(18-8-4-2-5-9-18)27-29(25)20-10-6-3-7-11-20/h2-17H,1H3/t25-/m1/s1. The van der Waals surface area contributed by atoms with Crippen LogP contribution in [0.15, 0.2) is 112 Å². The Morgan fingerprint density at radius 2 is 1.48 bits per heavy atom. The third kappa shape index (κ3) is 3.96. The summed E-state index contributed by atoms with van der Waals surface area (Å²) >= 11 is 4.79. The Balaban J connectivity index is 1.67. The van der Waals surface area contributed by atoms with Gasteiger partial charge in [-0.1, -0.05) is 64.5 Å². The van der Waals surface area contributed by atoms with Gasteiger partial charge < -0.3 is 4.74 Å². The monoisotopic (exact) mass is 518 g/mol. The number of nitrogens with zero attached hydrogens (tertiary/aromatic N) is 4. The van der Waals surface area contributed by atoms with Crippen molar-refractivity contribution in [3.05, 3.63) is 107 Å². The molecule has 3 aromatic rings. The summed E-state index contributed by atoms with van der Waals surface area (Å²) in [5.74, 6) is -0.488. The van der Waals surface area contributed by atoms with Crippen LogP contribution < -0.4 is 10.0 Å². The Bertz CT molecular complexity index is 1260. The van der Waals surface area contributed by atoms with Gasteiger partial charge in [0.05, 0.1) is 24.2 Å². The van der Waals surface area contributed by atoms with Crippen LogP contribution in [-0.2, 0) is 9.53 Å². The zero-order valence-corrected chi connectivity index (χ0v) is 20.0. The number of anilines is 2. The van der Waals surface area contributed by atoms with Gasteiger partial charge in [0.25, 0.3) is 0 Å². The van der Waals surface area contributed by atoms with E-state index in [9.17, 15) is 4.79 Å². The summed E-state index contributed by atoms with van der Waals surface area (Å²) in [6, 6.07) is 27.6. The van der Waals surface area contributed by atoms with E-state index >= 15 is 0 Å². The maximum Gasteiger partial charge on any atom is 0.365 e. The fraction of sp³-hybridized carbons (Fsp3) is 0.0800. The molecule has 164 valence electrons. The molecule has 0 aliphatic carbocycles. The Morgan fingerprint density at radius 3 is 2.15 bits per heavy atom. The predicted octanol–water partition coefficient (Wildman–Crippen LogP) is 5.62. The highest BCUT2D eigenvalue weighted by Gasteiger charge is 2.51. The molecule has 6 nitrogen and oxygen atoms in total. The highest BCUT2D eigenvalue weighted by atomic mass is 79.9. The van der Waals surface area contributed by atoms with Gasteiger partial charge in [-0.25, -0.2) is 14.8 Å². The van der Waals surface area contributed by atoms with Crippen LogP contribution in [0, 0.1) is 0 Å². The first-order valence-corrected chi connectivity index (χ1v) is 11.8. The van der Waals surface area contributed by atoms with E-state index in [-0.39, 0.29) is 5.04 Å². The van der Waals surface area contributed by atoms with Crippen LogP contribution >= 0.6 is 27.7 Å². The molecule has 0 N–H and O–H groups in total. The van der Waals surface area contributed by atoms with Crippen molar-refractivity contribution in [2.75, 3.05) is 17.1 Å². The lowest BCUT2D eigenvalue weighted by Gasteiger charge is -2.43. The van der Waals surface area contributed by atoms with Crippen LogP contribution in [0.4, 0.5) is 11.4 Å². The van der Waals surface area contributed by atoms with E-state index in [2.05, 4.69) is 21.0 Å². The van der Waals surface area contributed by atoms with Gasteiger partial charge in [-0.2, -0.15) is 10.2 Å². The number of esters is 1. The van der Waals surface area contributed by atoms with Gasteiger partial charge in [-0.3, -0.25) is 0 Å². The summed E-state index contributed by atoms with van der Waals surface area (Å²) < 4.78 is 5.95. The Morgan fingerprint density at radius 1 is 0.879 bits per heavy atom. The van der Waals surface area contributed by atoms with Gasteiger partial charge >= 0.3 is 5.97 Å². The number of halogens is 1. The molecule has 2 aliphatic rings. The van der Waals surface area contributed by atoms with Crippen molar-refractivity contribution in [3.63, 3.8) is 0 Å². The molecule has 0 fully saturated rings. The fourth-order valence-electron chi connectivity index (χ4n) is 3.65. The van der Waals surface area contributed by atoms with Gasteiger partial charge in [0.2, 0.25) is 10.0 Å². The minimum Gasteiger partial charge on any atom is -0.464 e. The van der Waals surface area contributed by atoms with E-state index in [0.717, 1.165) is 27.1 Å². The van der Waals surface area contributed by atoms with E-state index in [1.54, 1.807) is 0 Å². The lowest BCUT2D eigenvalue weighted by Crippen LogP contribution is -2.53. The lowest BCUT2D eigenvalue weighted by atomic mass is 10.1. The first-order valence-electron chi connectivity index (χ1n) is 10.2. The third-order valence-electron chi connectivity index (χ3n) is 5.21. The van der Waals surface area contributed by atoms with E-state index in [4.69, 9.17) is 9.84 Å². The first kappa shape index (κ1) is 21.5. The molecule has 3 aromatic carbocycles. The molecule has 1 spiro atoms. The fourth-order valence-corrected chi connectivity index (χ4v) is 5.09. The summed E-state index contributed by atoms with van der Waals surface area (Å²) in [7, 11) is 1.36. The van der Waals surface area contributed by atoms with E-state index in [1.165, 1.54) is 18.9 Å². The number of benzene rings is 3. The molecule has 0 amide bonds. The molecule has 1 atom stereocenters. The van der Waals surface area contributed by atoms with Crippen LogP contribution in [0.25, 0.3) is 0 Å².